The van der Waals surface area contributed by atoms with Crippen molar-refractivity contribution in [1.82, 2.24) is 5.01 Å². The Morgan fingerprint density at radius 2 is 1.63 bits per heavy atom. The molecule has 0 spiro atoms. The third kappa shape index (κ3) is 4.74. The standard InChI is InChI=1S/C40H34N4O8/c1-22-11-14-25(15-12-22)41-43-37(47)31-21-30-28(16-17-29-34(30)38(48)42(36(29)46)26-9-6-10-27(20-26)44(50)51)35(23-13-18-32(45)33(19-23)52-2)40(31,39(43)49)24-7-4-3-5-8-24/h3-16,18-20,29-31,34-35,41,45H,17,21H2,1-2H3/t29-,30+,31-,34-,35-,40+/m0/s1. The van der Waals surface area contributed by atoms with Gasteiger partial charge in [-0.3, -0.25) is 34.7 Å². The number of ether oxygens (including phenoxy) is 1. The van der Waals surface area contributed by atoms with Gasteiger partial charge in [-0.25, -0.2) is 4.90 Å². The number of rotatable bonds is 7. The molecule has 8 rings (SSSR count). The number of hydrazine groups is 1. The molecule has 1 saturated carbocycles. The van der Waals surface area contributed by atoms with Crippen molar-refractivity contribution in [3.8, 4) is 11.5 Å². The summed E-state index contributed by atoms with van der Waals surface area (Å²) in [6, 6.07) is 26.7. The maximum absolute atomic E-state index is 15.2. The fraction of sp³-hybridized carbons (Fsp3) is 0.250. The van der Waals surface area contributed by atoms with Crippen molar-refractivity contribution < 1.29 is 33.9 Å². The number of hydrogen-bond acceptors (Lipinski definition) is 9. The average molecular weight is 699 g/mol. The number of aromatic hydroxyl groups is 1. The van der Waals surface area contributed by atoms with Crippen LogP contribution < -0.4 is 15.1 Å². The van der Waals surface area contributed by atoms with E-state index in [0.717, 1.165) is 21.0 Å². The summed E-state index contributed by atoms with van der Waals surface area (Å²) < 4.78 is 5.51. The van der Waals surface area contributed by atoms with Crippen LogP contribution in [-0.2, 0) is 24.6 Å². The molecule has 2 heterocycles. The van der Waals surface area contributed by atoms with Crippen molar-refractivity contribution in [1.29, 1.82) is 0 Å². The second-order valence-corrected chi connectivity index (χ2v) is 13.8. The first-order valence-corrected chi connectivity index (χ1v) is 17.0. The Labute approximate surface area is 298 Å². The second kappa shape index (κ2) is 12.2. The van der Waals surface area contributed by atoms with Gasteiger partial charge in [-0.05, 0) is 67.1 Å². The fourth-order valence-electron chi connectivity index (χ4n) is 9.00. The van der Waals surface area contributed by atoms with Gasteiger partial charge < -0.3 is 9.84 Å². The zero-order chi connectivity index (χ0) is 36.5. The van der Waals surface area contributed by atoms with Gasteiger partial charge in [0.15, 0.2) is 11.5 Å². The molecule has 0 aromatic heterocycles. The van der Waals surface area contributed by atoms with Crippen molar-refractivity contribution in [2.75, 3.05) is 17.4 Å². The molecule has 12 heteroatoms. The minimum atomic E-state index is -1.49. The number of nitro groups is 1. The number of nitro benzene ring substituents is 1. The second-order valence-electron chi connectivity index (χ2n) is 13.8. The number of fused-ring (bicyclic) bond motifs is 4. The van der Waals surface area contributed by atoms with Crippen LogP contribution in [0.15, 0.2) is 109 Å². The number of hydrogen-bond donors (Lipinski definition) is 2. The van der Waals surface area contributed by atoms with E-state index in [1.54, 1.807) is 24.3 Å². The molecular weight excluding hydrogens is 664 g/mol. The van der Waals surface area contributed by atoms with Crippen LogP contribution >= 0.6 is 0 Å². The van der Waals surface area contributed by atoms with E-state index in [-0.39, 0.29) is 35.7 Å². The Hall–Kier alpha value is -6.30. The Bertz CT molecular complexity index is 2200. The summed E-state index contributed by atoms with van der Waals surface area (Å²) in [4.78, 5) is 70.6. The van der Waals surface area contributed by atoms with Crippen molar-refractivity contribution in [2.24, 2.45) is 23.7 Å². The van der Waals surface area contributed by atoms with Gasteiger partial charge in [-0.1, -0.05) is 71.8 Å². The van der Waals surface area contributed by atoms with Crippen LogP contribution in [0.3, 0.4) is 0 Å². The predicted octanol–water partition coefficient (Wildman–Crippen LogP) is 5.81. The van der Waals surface area contributed by atoms with Gasteiger partial charge in [0.05, 0.1) is 46.6 Å². The molecule has 4 aromatic carbocycles. The van der Waals surface area contributed by atoms with Crippen molar-refractivity contribution in [2.45, 2.75) is 31.1 Å². The van der Waals surface area contributed by atoms with Gasteiger partial charge in [-0.2, -0.15) is 5.01 Å². The number of imide groups is 2. The lowest BCUT2D eigenvalue weighted by atomic mass is 9.49. The normalized spacial score (nSPS) is 26.4. The van der Waals surface area contributed by atoms with E-state index >= 15 is 4.79 Å². The molecule has 2 saturated heterocycles. The Balaban J connectivity index is 1.31. The highest BCUT2D eigenvalue weighted by molar-refractivity contribution is 6.22. The highest BCUT2D eigenvalue weighted by Crippen LogP contribution is 2.64. The van der Waals surface area contributed by atoms with Crippen LogP contribution in [0.25, 0.3) is 0 Å². The van der Waals surface area contributed by atoms with E-state index in [9.17, 15) is 29.6 Å². The van der Waals surface area contributed by atoms with E-state index in [4.69, 9.17) is 4.74 Å². The number of phenolic OH excluding ortho intramolecular Hbond substituents is 1. The molecule has 12 nitrogen and oxygen atoms in total. The summed E-state index contributed by atoms with van der Waals surface area (Å²) in [6.45, 7) is 1.93. The lowest BCUT2D eigenvalue weighted by Crippen LogP contribution is -2.53. The molecule has 6 atom stereocenters. The molecule has 4 aliphatic rings. The molecule has 0 unspecified atom stereocenters. The first kappa shape index (κ1) is 32.9. The SMILES string of the molecule is COc1cc([C@H]2C3=CC[C@@H]4C(=O)N(c5cccc([N+](=O)[O-])c5)C(=O)[C@@H]4[C@@H]3C[C@H]3C(=O)N(Nc4ccc(C)cc4)C(=O)[C@@]23c2ccccc2)ccc1O. The molecule has 4 amide bonds. The molecule has 0 radical (unpaired) electrons. The molecule has 4 aromatic rings. The van der Waals surface area contributed by atoms with Crippen molar-refractivity contribution in [3.05, 3.63) is 136 Å². The van der Waals surface area contributed by atoms with Crippen molar-refractivity contribution in [3.63, 3.8) is 0 Å². The maximum atomic E-state index is 15.2. The number of benzene rings is 4. The quantitative estimate of drug-likeness (QED) is 0.105. The number of nitrogens with one attached hydrogen (secondary N) is 1. The summed E-state index contributed by atoms with van der Waals surface area (Å²) in [6.07, 6.45) is 2.19. The number of carbonyl (C=O) groups excluding carboxylic acids is 4. The summed E-state index contributed by atoms with van der Waals surface area (Å²) in [5.74, 6) is -5.94. The van der Waals surface area contributed by atoms with Gasteiger partial charge in [-0.15, -0.1) is 0 Å². The highest BCUT2D eigenvalue weighted by Gasteiger charge is 2.70. The lowest BCUT2D eigenvalue weighted by molar-refractivity contribution is -0.384. The van der Waals surface area contributed by atoms with Crippen LogP contribution in [0, 0.1) is 40.7 Å². The molecule has 262 valence electrons. The molecule has 2 aliphatic carbocycles. The molecular formula is C40H34N4O8. The van der Waals surface area contributed by atoms with E-state index in [1.165, 1.54) is 37.4 Å². The number of nitrogens with zero attached hydrogens (tertiary/aromatic N) is 3. The van der Waals surface area contributed by atoms with Gasteiger partial charge in [0.2, 0.25) is 11.8 Å². The number of anilines is 2. The number of carbonyl (C=O) groups is 4. The van der Waals surface area contributed by atoms with Crippen LogP contribution in [0.1, 0.15) is 35.4 Å². The Kier molecular flexibility index (Phi) is 7.70. The summed E-state index contributed by atoms with van der Waals surface area (Å²) >= 11 is 0. The number of methoxy groups -OCH3 is 1. The van der Waals surface area contributed by atoms with Crippen molar-refractivity contribution >= 4 is 40.7 Å². The summed E-state index contributed by atoms with van der Waals surface area (Å²) in [5.41, 5.74) is 4.91. The van der Waals surface area contributed by atoms with Crippen LogP contribution in [0.4, 0.5) is 17.1 Å². The number of aryl methyl sites for hydroxylation is 1. The number of allylic oxidation sites excluding steroid dienone is 2. The highest BCUT2D eigenvalue weighted by atomic mass is 16.6. The minimum absolute atomic E-state index is 0.0893. The molecule has 0 bridgehead atoms. The zero-order valence-corrected chi connectivity index (χ0v) is 28.3. The third-order valence-electron chi connectivity index (χ3n) is 11.2. The largest absolute Gasteiger partial charge is 0.504 e. The van der Waals surface area contributed by atoms with Crippen LogP contribution in [0.5, 0.6) is 11.5 Å². The Morgan fingerprint density at radius 3 is 2.35 bits per heavy atom. The number of amides is 4. The van der Waals surface area contributed by atoms with E-state index in [0.29, 0.717) is 16.8 Å². The topological polar surface area (TPSA) is 159 Å². The number of non-ortho nitro benzene ring substituents is 1. The summed E-state index contributed by atoms with van der Waals surface area (Å²) in [5, 5.41) is 23.3. The van der Waals surface area contributed by atoms with Crippen LogP contribution in [-0.4, -0.2) is 45.8 Å². The first-order valence-electron chi connectivity index (χ1n) is 17.0. The van der Waals surface area contributed by atoms with Gasteiger partial charge in [0.25, 0.3) is 17.5 Å². The zero-order valence-electron chi connectivity index (χ0n) is 28.3. The summed E-state index contributed by atoms with van der Waals surface area (Å²) in [7, 11) is 1.42. The van der Waals surface area contributed by atoms with Gasteiger partial charge in [0.1, 0.15) is 0 Å². The monoisotopic (exact) mass is 698 g/mol. The average Bonchev–Trinajstić information content (AvgIpc) is 3.53. The lowest BCUT2D eigenvalue weighted by Gasteiger charge is -2.50. The minimum Gasteiger partial charge on any atom is -0.504 e. The maximum Gasteiger partial charge on any atom is 0.271 e. The van der Waals surface area contributed by atoms with E-state index in [1.807, 2.05) is 55.5 Å². The Morgan fingerprint density at radius 1 is 0.885 bits per heavy atom. The predicted molar refractivity (Wildman–Crippen MR) is 189 cm³/mol. The van der Waals surface area contributed by atoms with E-state index in [2.05, 4.69) is 5.43 Å². The number of phenols is 1. The fourth-order valence-corrected chi connectivity index (χ4v) is 9.00. The molecule has 3 fully saturated rings. The molecule has 2 N–H and O–H groups in total. The third-order valence-corrected chi connectivity index (χ3v) is 11.2. The first-order chi connectivity index (χ1) is 25.1. The van der Waals surface area contributed by atoms with E-state index < -0.39 is 63.6 Å². The van der Waals surface area contributed by atoms with Crippen LogP contribution in [0.2, 0.25) is 0 Å². The smallest absolute Gasteiger partial charge is 0.271 e. The molecule has 2 aliphatic heterocycles. The molecule has 52 heavy (non-hydrogen) atoms. The van der Waals surface area contributed by atoms with Gasteiger partial charge >= 0.3 is 0 Å². The van der Waals surface area contributed by atoms with Gasteiger partial charge in [0, 0.05) is 18.1 Å².